The van der Waals surface area contributed by atoms with E-state index in [0.29, 0.717) is 0 Å². The first-order valence-corrected chi connectivity index (χ1v) is 15.7. The van der Waals surface area contributed by atoms with Crippen molar-refractivity contribution in [3.63, 3.8) is 0 Å². The van der Waals surface area contributed by atoms with Gasteiger partial charge in [0.2, 0.25) is 0 Å². The minimum Gasteiger partial charge on any atom is -0.314 e. The van der Waals surface area contributed by atoms with E-state index in [2.05, 4.69) is 200 Å². The Morgan fingerprint density at radius 2 is 0.848 bits per heavy atom. The van der Waals surface area contributed by atoms with Gasteiger partial charge in [0.05, 0.1) is 11.4 Å². The van der Waals surface area contributed by atoms with Crippen molar-refractivity contribution in [1.82, 2.24) is 0 Å². The first kappa shape index (κ1) is 28.9. The van der Waals surface area contributed by atoms with Crippen LogP contribution in [0.15, 0.2) is 182 Å². The van der Waals surface area contributed by atoms with Gasteiger partial charge in [-0.15, -0.1) is 0 Å². The molecule has 0 aromatic heterocycles. The molecule has 0 bridgehead atoms. The highest BCUT2D eigenvalue weighted by Gasteiger charge is 2.25. The van der Waals surface area contributed by atoms with Gasteiger partial charge in [0.25, 0.3) is 0 Å². The van der Waals surface area contributed by atoms with Crippen LogP contribution >= 0.6 is 0 Å². The van der Waals surface area contributed by atoms with Crippen molar-refractivity contribution in [2.45, 2.75) is 13.8 Å². The molecule has 0 N–H and O–H groups in total. The standard InChI is InChI=1S/C44H36N2/c1-32-12-10-18-41(28-32)45-31-44(40-26-22-38(23-27-40)36-16-8-5-9-17-36)46(42-19-11-13-33(2)29-42)34(3)30-43(45)39-24-20-37(21-25-39)35-14-6-4-7-15-35/h4-31H,3H2,1-2H3. The predicted molar refractivity (Wildman–Crippen MR) is 196 cm³/mol. The van der Waals surface area contributed by atoms with E-state index in [1.54, 1.807) is 0 Å². The molecule has 0 saturated carbocycles. The summed E-state index contributed by atoms with van der Waals surface area (Å²) in [5.41, 5.74) is 14.6. The summed E-state index contributed by atoms with van der Waals surface area (Å²) in [6.45, 7) is 8.95. The minimum atomic E-state index is 0.890. The lowest BCUT2D eigenvalue weighted by Gasteiger charge is -2.28. The second kappa shape index (κ2) is 12.6. The van der Waals surface area contributed by atoms with E-state index in [9.17, 15) is 0 Å². The van der Waals surface area contributed by atoms with Crippen LogP contribution in [0.25, 0.3) is 33.6 Å². The SMILES string of the molecule is C=C1C=C(c2ccc(-c3ccccc3)cc2)N(c2cccc(C)c2)C=C(c2ccc(-c3ccccc3)cc2)N1c1cccc(C)c1. The Bertz CT molecular complexity index is 2050. The Kier molecular flexibility index (Phi) is 7.93. The van der Waals surface area contributed by atoms with E-state index in [4.69, 9.17) is 0 Å². The molecule has 7 rings (SSSR count). The largest absolute Gasteiger partial charge is 0.314 e. The number of benzene rings is 6. The molecule has 0 spiro atoms. The molecule has 6 aromatic rings. The Balaban J connectivity index is 1.40. The molecule has 1 heterocycles. The Hall–Kier alpha value is -5.86. The second-order valence-electron chi connectivity index (χ2n) is 11.8. The summed E-state index contributed by atoms with van der Waals surface area (Å²) in [5.74, 6) is 0. The van der Waals surface area contributed by atoms with Gasteiger partial charge in [-0.25, -0.2) is 0 Å². The highest BCUT2D eigenvalue weighted by molar-refractivity contribution is 5.94. The van der Waals surface area contributed by atoms with Gasteiger partial charge in [-0.05, 0) is 83.1 Å². The number of nitrogens with zero attached hydrogens (tertiary/aromatic N) is 2. The van der Waals surface area contributed by atoms with Gasteiger partial charge >= 0.3 is 0 Å². The highest BCUT2D eigenvalue weighted by atomic mass is 15.2. The normalized spacial score (nSPS) is 13.2. The van der Waals surface area contributed by atoms with Gasteiger partial charge in [0.15, 0.2) is 0 Å². The maximum absolute atomic E-state index is 4.67. The van der Waals surface area contributed by atoms with Crippen LogP contribution in [0.4, 0.5) is 11.4 Å². The zero-order valence-corrected chi connectivity index (χ0v) is 26.3. The topological polar surface area (TPSA) is 6.48 Å². The summed E-state index contributed by atoms with van der Waals surface area (Å²) >= 11 is 0. The van der Waals surface area contributed by atoms with Crippen molar-refractivity contribution in [2.75, 3.05) is 9.80 Å². The van der Waals surface area contributed by atoms with Crippen LogP contribution in [0, 0.1) is 13.8 Å². The predicted octanol–water partition coefficient (Wildman–Crippen LogP) is 11.5. The van der Waals surface area contributed by atoms with Crippen LogP contribution in [0.3, 0.4) is 0 Å². The molecule has 1 aliphatic heterocycles. The van der Waals surface area contributed by atoms with Crippen LogP contribution in [-0.2, 0) is 0 Å². The van der Waals surface area contributed by atoms with Crippen molar-refractivity contribution in [2.24, 2.45) is 0 Å². The van der Waals surface area contributed by atoms with Crippen LogP contribution in [-0.4, -0.2) is 0 Å². The summed E-state index contributed by atoms with van der Waals surface area (Å²) in [4.78, 5) is 4.59. The van der Waals surface area contributed by atoms with E-state index < -0.39 is 0 Å². The van der Waals surface area contributed by atoms with Crippen molar-refractivity contribution in [1.29, 1.82) is 0 Å². The van der Waals surface area contributed by atoms with E-state index in [0.717, 1.165) is 39.6 Å². The molecular weight excluding hydrogens is 556 g/mol. The van der Waals surface area contributed by atoms with Gasteiger partial charge < -0.3 is 9.80 Å². The number of hydrogen-bond donors (Lipinski definition) is 0. The summed E-state index contributed by atoms with van der Waals surface area (Å²) in [6.07, 6.45) is 4.48. The maximum Gasteiger partial charge on any atom is 0.0700 e. The first-order valence-electron chi connectivity index (χ1n) is 15.7. The average Bonchev–Trinajstić information content (AvgIpc) is 3.25. The second-order valence-corrected chi connectivity index (χ2v) is 11.8. The quantitative estimate of drug-likeness (QED) is 0.190. The number of hydrogen-bond acceptors (Lipinski definition) is 2. The fourth-order valence-electron chi connectivity index (χ4n) is 6.11. The molecule has 0 saturated heterocycles. The van der Waals surface area contributed by atoms with Gasteiger partial charge in [-0.1, -0.05) is 140 Å². The summed E-state index contributed by atoms with van der Waals surface area (Å²) in [5, 5.41) is 0. The Morgan fingerprint density at radius 1 is 0.413 bits per heavy atom. The molecule has 0 amide bonds. The van der Waals surface area contributed by atoms with Crippen molar-refractivity contribution >= 4 is 22.8 Å². The van der Waals surface area contributed by atoms with Crippen LogP contribution in [0.5, 0.6) is 0 Å². The molecular formula is C44H36N2. The number of rotatable bonds is 6. The van der Waals surface area contributed by atoms with E-state index in [1.807, 2.05) is 0 Å². The summed E-state index contributed by atoms with van der Waals surface area (Å²) in [6, 6.07) is 56.1. The Labute approximate surface area is 272 Å². The monoisotopic (exact) mass is 592 g/mol. The lowest BCUT2D eigenvalue weighted by atomic mass is 10.0. The fourth-order valence-corrected chi connectivity index (χ4v) is 6.11. The molecule has 0 unspecified atom stereocenters. The molecule has 0 atom stereocenters. The maximum atomic E-state index is 4.67. The third kappa shape index (κ3) is 5.94. The number of allylic oxidation sites excluding steroid dienone is 1. The summed E-state index contributed by atoms with van der Waals surface area (Å²) in [7, 11) is 0. The third-order valence-corrected chi connectivity index (χ3v) is 8.46. The molecule has 6 aromatic carbocycles. The van der Waals surface area contributed by atoms with Crippen LogP contribution in [0.2, 0.25) is 0 Å². The molecule has 1 aliphatic rings. The van der Waals surface area contributed by atoms with Gasteiger partial charge in [0.1, 0.15) is 0 Å². The third-order valence-electron chi connectivity index (χ3n) is 8.46. The average molecular weight is 593 g/mol. The van der Waals surface area contributed by atoms with E-state index in [-0.39, 0.29) is 0 Å². The van der Waals surface area contributed by atoms with Gasteiger partial charge in [-0.2, -0.15) is 0 Å². The number of aryl methyl sites for hydroxylation is 2. The zero-order chi connectivity index (χ0) is 31.5. The van der Waals surface area contributed by atoms with Gasteiger partial charge in [0, 0.05) is 28.8 Å². The Morgan fingerprint density at radius 3 is 1.37 bits per heavy atom. The van der Waals surface area contributed by atoms with Crippen molar-refractivity contribution in [3.8, 4) is 22.3 Å². The van der Waals surface area contributed by atoms with Crippen LogP contribution in [0.1, 0.15) is 22.3 Å². The van der Waals surface area contributed by atoms with Crippen molar-refractivity contribution in [3.05, 3.63) is 205 Å². The van der Waals surface area contributed by atoms with Crippen molar-refractivity contribution < 1.29 is 0 Å². The number of anilines is 2. The molecule has 2 nitrogen and oxygen atoms in total. The molecule has 46 heavy (non-hydrogen) atoms. The zero-order valence-electron chi connectivity index (χ0n) is 26.3. The molecule has 0 aliphatic carbocycles. The van der Waals surface area contributed by atoms with Gasteiger partial charge in [-0.3, -0.25) is 0 Å². The highest BCUT2D eigenvalue weighted by Crippen LogP contribution is 2.40. The van der Waals surface area contributed by atoms with Crippen LogP contribution < -0.4 is 9.80 Å². The summed E-state index contributed by atoms with van der Waals surface area (Å²) < 4.78 is 0. The molecule has 0 radical (unpaired) electrons. The molecule has 2 heteroatoms. The first-order chi connectivity index (χ1) is 22.5. The smallest absolute Gasteiger partial charge is 0.0700 e. The fraction of sp³-hybridized carbons (Fsp3) is 0.0455. The minimum absolute atomic E-state index is 0.890. The lowest BCUT2D eigenvalue weighted by molar-refractivity contribution is 1.22. The van der Waals surface area contributed by atoms with E-state index in [1.165, 1.54) is 33.4 Å². The molecule has 222 valence electrons. The van der Waals surface area contributed by atoms with E-state index >= 15 is 0 Å². The molecule has 0 fully saturated rings. The lowest BCUT2D eigenvalue weighted by Crippen LogP contribution is -2.20.